The summed E-state index contributed by atoms with van der Waals surface area (Å²) in [5.74, 6) is 8.84. The average molecular weight is 1440 g/mol. The second-order valence-electron chi connectivity index (χ2n) is 24.8. The summed E-state index contributed by atoms with van der Waals surface area (Å²) in [5.41, 5.74) is 0. The molecular formula is C63H124N24O6S4. The maximum absolute atomic E-state index is 4.62. The van der Waals surface area contributed by atoms with E-state index < -0.39 is 0 Å². The Hall–Kier alpha value is -7.85. The van der Waals surface area contributed by atoms with E-state index in [-0.39, 0.29) is 5.92 Å². The molecule has 0 radical (unpaired) electrons. The summed E-state index contributed by atoms with van der Waals surface area (Å²) >= 11 is 5.03. The number of hydrogen-bond acceptors (Lipinski definition) is 33. The Morgan fingerprint density at radius 3 is 1.06 bits per heavy atom. The first kappa shape index (κ1) is 108. The van der Waals surface area contributed by atoms with E-state index in [1.165, 1.54) is 91.2 Å². The first-order chi connectivity index (χ1) is 45.7. The topological polar surface area (TPSA) is 391 Å². The molecule has 1 N–H and O–H groups in total. The Labute approximate surface area is 597 Å². The molecule has 0 amide bonds. The SMILES string of the molecule is CC(C)C.CC(C)C.CC(C)C.CC(C)C.CC(C)C.CC(C)C.CC(C)C.CC(C)C.CC(C)C.CC(C)c1nnno1.CC(C)c1nnns1.c1cn[nH]c1.c1cnoc1.c1cnon1.c1cnsn1.c1cocn1.c1conn1.c1csnn1.c1nnon1.c1nnsn1. The van der Waals surface area contributed by atoms with Crippen LogP contribution in [-0.2, 0) is 0 Å². The Bertz CT molecular complexity index is 1920. The number of nitrogens with one attached hydrogen (secondary N) is 1. The van der Waals surface area contributed by atoms with Crippen molar-refractivity contribution >= 4 is 46.5 Å². The van der Waals surface area contributed by atoms with Crippen LogP contribution in [0.3, 0.4) is 0 Å². The number of rotatable bonds is 2. The van der Waals surface area contributed by atoms with E-state index in [1.807, 2.05) is 25.3 Å². The molecule has 34 heteroatoms. The Kier molecular flexibility index (Phi) is 105. The van der Waals surface area contributed by atoms with Crippen LogP contribution in [0.4, 0.5) is 0 Å². The van der Waals surface area contributed by atoms with Gasteiger partial charge in [0.05, 0.1) is 83.6 Å². The zero-order valence-corrected chi connectivity index (χ0v) is 67.5. The molecule has 11 rings (SSSR count). The van der Waals surface area contributed by atoms with E-state index in [1.54, 1.807) is 49.4 Å². The van der Waals surface area contributed by atoms with Gasteiger partial charge in [-0.15, -0.1) is 20.4 Å². The Morgan fingerprint density at radius 1 is 0.381 bits per heavy atom. The minimum Gasteiger partial charge on any atom is -0.452 e. The zero-order valence-electron chi connectivity index (χ0n) is 64.2. The van der Waals surface area contributed by atoms with Gasteiger partial charge in [0, 0.05) is 46.4 Å². The van der Waals surface area contributed by atoms with Gasteiger partial charge >= 0.3 is 0 Å². The van der Waals surface area contributed by atoms with Crippen molar-refractivity contribution in [2.75, 3.05) is 0 Å². The fourth-order valence-electron chi connectivity index (χ4n) is 2.04. The highest BCUT2D eigenvalue weighted by Crippen LogP contribution is 2.11. The van der Waals surface area contributed by atoms with E-state index >= 15 is 0 Å². The lowest BCUT2D eigenvalue weighted by atomic mass is 10.2. The van der Waals surface area contributed by atoms with Gasteiger partial charge in [0.2, 0.25) is 0 Å². The molecule has 11 heterocycles. The number of hydrogen-bond donors (Lipinski definition) is 1. The van der Waals surface area contributed by atoms with Crippen LogP contribution >= 0.6 is 46.5 Å². The van der Waals surface area contributed by atoms with Crippen molar-refractivity contribution in [3.63, 3.8) is 0 Å². The highest BCUT2D eigenvalue weighted by molar-refractivity contribution is 7.05. The summed E-state index contributed by atoms with van der Waals surface area (Å²) in [7, 11) is 0. The maximum atomic E-state index is 4.62. The van der Waals surface area contributed by atoms with Crippen molar-refractivity contribution in [2.24, 2.45) is 53.3 Å². The molecule has 0 atom stereocenters. The van der Waals surface area contributed by atoms with E-state index in [0.717, 1.165) is 70.0 Å². The lowest BCUT2D eigenvalue weighted by Gasteiger charge is -1.90. The van der Waals surface area contributed by atoms with Gasteiger partial charge in [0.25, 0.3) is 5.89 Å². The van der Waals surface area contributed by atoms with Crippen LogP contribution in [0, 0.1) is 53.3 Å². The highest BCUT2D eigenvalue weighted by Gasteiger charge is 2.03. The largest absolute Gasteiger partial charge is 0.452 e. The number of oxazole rings is 1. The first-order valence-electron chi connectivity index (χ1n) is 31.6. The summed E-state index contributed by atoms with van der Waals surface area (Å²) < 4.78 is 47.1. The van der Waals surface area contributed by atoms with Gasteiger partial charge in [-0.05, 0) is 92.5 Å². The number of nitrogens with zero attached hydrogens (tertiary/aromatic N) is 23. The summed E-state index contributed by atoms with van der Waals surface area (Å²) in [6.07, 6.45) is 24.4. The molecule has 556 valence electrons. The van der Waals surface area contributed by atoms with Gasteiger partial charge in [-0.3, -0.25) is 5.10 Å². The molecule has 11 aromatic heterocycles. The van der Waals surface area contributed by atoms with Crippen molar-refractivity contribution in [2.45, 2.75) is 226 Å². The van der Waals surface area contributed by atoms with Crippen molar-refractivity contribution in [3.8, 4) is 0 Å². The second kappa shape index (κ2) is 94.5. The maximum Gasteiger partial charge on any atom is 0.250 e. The Morgan fingerprint density at radius 2 is 0.928 bits per heavy atom. The smallest absolute Gasteiger partial charge is 0.250 e. The van der Waals surface area contributed by atoms with Crippen molar-refractivity contribution in [3.05, 3.63) is 128 Å². The van der Waals surface area contributed by atoms with E-state index in [0.29, 0.717) is 11.8 Å². The molecule has 0 fully saturated rings. The standard InChI is InChI=1S/C4H7N3O.C4H7N3S.9C4H10.C3H4N2.2C3H3NO.2C2H2N2O.2C2H2N2S.CHN3O.CHN3S/c2*1-3(2)4-5-6-7-8-4;9*1-4(2)3;1-2-4-5-3-1;1-2-5-3-4-1;1-2-4-5-3-1;1-2-5-4-3-1;1-2-4-5-3-1;1-2-5-4-3-1;3*1-2-4-5-3-1/h2*3H,1-2H3;9*4H,1-3H3;1-3H,(H,4,5);2*1-3H;4*1-2H;2*1H. The molecule has 0 aliphatic heterocycles. The van der Waals surface area contributed by atoms with Gasteiger partial charge in [-0.2, -0.15) is 18.2 Å². The lowest BCUT2D eigenvalue weighted by molar-refractivity contribution is 0.292. The van der Waals surface area contributed by atoms with Gasteiger partial charge in [-0.1, -0.05) is 254 Å². The van der Waals surface area contributed by atoms with Crippen LogP contribution in [0.1, 0.15) is 237 Å². The molecule has 0 spiro atoms. The van der Waals surface area contributed by atoms with Crippen molar-refractivity contribution < 1.29 is 27.2 Å². The quantitative estimate of drug-likeness (QED) is 0.168. The van der Waals surface area contributed by atoms with Crippen LogP contribution in [0.25, 0.3) is 0 Å². The number of aromatic amines is 1. The minimum atomic E-state index is 0.282. The minimum absolute atomic E-state index is 0.282. The molecule has 0 saturated carbocycles. The van der Waals surface area contributed by atoms with Crippen LogP contribution in [-0.4, -0.2) is 119 Å². The molecule has 0 aliphatic rings. The molecule has 0 aliphatic carbocycles. The van der Waals surface area contributed by atoms with Crippen molar-refractivity contribution in [1.82, 2.24) is 119 Å². The van der Waals surface area contributed by atoms with Crippen LogP contribution in [0.5, 0.6) is 0 Å². The van der Waals surface area contributed by atoms with Gasteiger partial charge in [0.1, 0.15) is 23.8 Å². The van der Waals surface area contributed by atoms with Crippen molar-refractivity contribution in [1.29, 1.82) is 0 Å². The van der Waals surface area contributed by atoms with E-state index in [2.05, 4.69) is 347 Å². The third-order valence-corrected chi connectivity index (χ3v) is 6.42. The monoisotopic (exact) mass is 1440 g/mol. The Balaban J connectivity index is -0.000000121. The molecule has 0 saturated heterocycles. The molecule has 0 unspecified atom stereocenters. The fraction of sp³-hybridized carbons (Fsp3) is 0.667. The number of H-pyrrole nitrogens is 1. The molecule has 30 nitrogen and oxygen atoms in total. The predicted molar refractivity (Wildman–Crippen MR) is 392 cm³/mol. The molecule has 0 bridgehead atoms. The normalized spacial score (nSPS) is 8.76. The third-order valence-electron chi connectivity index (χ3n) is 4.31. The summed E-state index contributed by atoms with van der Waals surface area (Å²) in [6, 6.07) is 3.56. The highest BCUT2D eigenvalue weighted by atomic mass is 32.1. The van der Waals surface area contributed by atoms with Gasteiger partial charge in [0.15, 0.2) is 19.0 Å². The lowest BCUT2D eigenvalue weighted by Crippen LogP contribution is -1.85. The summed E-state index contributed by atoms with van der Waals surface area (Å²) in [4.78, 5) is 3.56. The van der Waals surface area contributed by atoms with Gasteiger partial charge in [-0.25, -0.2) is 14.2 Å². The van der Waals surface area contributed by atoms with E-state index in [4.69, 9.17) is 0 Å². The summed E-state index contributed by atoms with van der Waals surface area (Å²) in [6.45, 7) is 66.6. The zero-order chi connectivity index (χ0) is 76.0. The van der Waals surface area contributed by atoms with E-state index in [9.17, 15) is 0 Å². The second-order valence-corrected chi connectivity index (χ2v) is 27.3. The molecule has 97 heavy (non-hydrogen) atoms. The number of aromatic nitrogens is 24. The molecule has 11 aromatic rings. The van der Waals surface area contributed by atoms with Crippen LogP contribution in [0.2, 0.25) is 0 Å². The fourth-order valence-corrected chi connectivity index (χ4v) is 3.24. The third kappa shape index (κ3) is 187. The first-order valence-corrected chi connectivity index (χ1v) is 34.7. The van der Waals surface area contributed by atoms with Crippen LogP contribution < -0.4 is 0 Å². The average Bonchev–Trinajstić information content (AvgIpc) is 2.13. The van der Waals surface area contributed by atoms with Gasteiger partial charge < -0.3 is 18.0 Å². The summed E-state index contributed by atoms with van der Waals surface area (Å²) in [5, 5.41) is 58.7. The predicted octanol–water partition coefficient (Wildman–Crippen LogP) is 19.0. The van der Waals surface area contributed by atoms with Crippen LogP contribution in [0.15, 0.2) is 145 Å². The molecule has 0 aromatic carbocycles. The molecular weight excluding hydrogens is 1320 g/mol.